The number of nitrogens with two attached hydrogens (primary N) is 1. The highest BCUT2D eigenvalue weighted by atomic mass is 79.9. The van der Waals surface area contributed by atoms with E-state index in [1.807, 2.05) is 11.3 Å². The minimum atomic E-state index is 0.194. The fraction of sp³-hybridized carbons (Fsp3) is 0.300. The molecule has 2 aromatic rings. The molecule has 2 N–H and O–H groups in total. The average Bonchev–Trinajstić information content (AvgIpc) is 2.46. The second kappa shape index (κ2) is 3.71. The van der Waals surface area contributed by atoms with Crippen LogP contribution in [-0.4, -0.2) is 15.4 Å². The van der Waals surface area contributed by atoms with Crippen molar-refractivity contribution < 1.29 is 0 Å². The third-order valence-electron chi connectivity index (χ3n) is 2.10. The normalized spacial score (nSPS) is 13.4. The average molecular weight is 254 g/mol. The monoisotopic (exact) mass is 253 g/mol. The van der Waals surface area contributed by atoms with E-state index in [2.05, 4.69) is 39.2 Å². The van der Waals surface area contributed by atoms with Crippen LogP contribution in [0.1, 0.15) is 12.5 Å². The molecule has 4 heteroatoms. The molecule has 1 unspecified atom stereocenters. The smallest absolute Gasteiger partial charge is 0.131 e. The number of rotatable bonds is 2. The molecule has 1 atom stereocenters. The van der Waals surface area contributed by atoms with Gasteiger partial charge in [-0.1, -0.05) is 6.07 Å². The molecule has 0 spiro atoms. The van der Waals surface area contributed by atoms with E-state index in [0.717, 1.165) is 16.5 Å². The fourth-order valence-corrected chi connectivity index (χ4v) is 1.93. The standard InChI is InChI=1S/C10H12BrN3/c1-7(12)4-8-2-3-9-10(11)13-6-14(9)5-8/h2-3,5-7H,4,12H2,1H3. The van der Waals surface area contributed by atoms with E-state index in [0.29, 0.717) is 0 Å². The SMILES string of the molecule is CC(N)Cc1ccc2c(Br)ncn2c1. The second-order valence-electron chi connectivity index (χ2n) is 3.55. The van der Waals surface area contributed by atoms with Crippen molar-refractivity contribution in [1.82, 2.24) is 9.38 Å². The molecular formula is C10H12BrN3. The van der Waals surface area contributed by atoms with Crippen molar-refractivity contribution >= 4 is 21.4 Å². The number of nitrogens with zero attached hydrogens (tertiary/aromatic N) is 2. The Morgan fingerprint density at radius 2 is 2.36 bits per heavy atom. The fourth-order valence-electron chi connectivity index (χ4n) is 1.51. The van der Waals surface area contributed by atoms with Crippen LogP contribution >= 0.6 is 15.9 Å². The largest absolute Gasteiger partial charge is 0.328 e. The highest BCUT2D eigenvalue weighted by molar-refractivity contribution is 9.10. The highest BCUT2D eigenvalue weighted by Crippen LogP contribution is 2.16. The molecular weight excluding hydrogens is 242 g/mol. The summed E-state index contributed by atoms with van der Waals surface area (Å²) in [5.74, 6) is 0. The molecule has 2 rings (SSSR count). The quantitative estimate of drug-likeness (QED) is 0.890. The Labute approximate surface area is 91.1 Å². The minimum Gasteiger partial charge on any atom is -0.328 e. The van der Waals surface area contributed by atoms with Gasteiger partial charge in [-0.25, -0.2) is 4.98 Å². The van der Waals surface area contributed by atoms with Crippen LogP contribution in [-0.2, 0) is 6.42 Å². The molecule has 3 nitrogen and oxygen atoms in total. The van der Waals surface area contributed by atoms with Crippen LogP contribution in [0.3, 0.4) is 0 Å². The lowest BCUT2D eigenvalue weighted by molar-refractivity contribution is 0.734. The van der Waals surface area contributed by atoms with Crippen molar-refractivity contribution in [3.63, 3.8) is 0 Å². The Balaban J connectivity index is 2.42. The van der Waals surface area contributed by atoms with E-state index >= 15 is 0 Å². The van der Waals surface area contributed by atoms with E-state index in [4.69, 9.17) is 5.73 Å². The van der Waals surface area contributed by atoms with E-state index in [1.54, 1.807) is 6.33 Å². The lowest BCUT2D eigenvalue weighted by Gasteiger charge is -2.05. The van der Waals surface area contributed by atoms with Gasteiger partial charge in [-0.2, -0.15) is 0 Å². The van der Waals surface area contributed by atoms with Crippen LogP contribution in [0.5, 0.6) is 0 Å². The van der Waals surface area contributed by atoms with Gasteiger partial charge in [-0.3, -0.25) is 0 Å². The predicted molar refractivity (Wildman–Crippen MR) is 60.2 cm³/mol. The summed E-state index contributed by atoms with van der Waals surface area (Å²) in [7, 11) is 0. The van der Waals surface area contributed by atoms with E-state index < -0.39 is 0 Å². The molecule has 74 valence electrons. The molecule has 0 aliphatic heterocycles. The number of pyridine rings is 1. The second-order valence-corrected chi connectivity index (χ2v) is 4.30. The molecule has 0 amide bonds. The van der Waals surface area contributed by atoms with Crippen LogP contribution in [0.15, 0.2) is 29.3 Å². The number of aromatic nitrogens is 2. The molecule has 0 bridgehead atoms. The first kappa shape index (κ1) is 9.68. The topological polar surface area (TPSA) is 43.3 Å². The van der Waals surface area contributed by atoms with Gasteiger partial charge in [0.15, 0.2) is 0 Å². The van der Waals surface area contributed by atoms with E-state index in [-0.39, 0.29) is 6.04 Å². The molecule has 2 aromatic heterocycles. The van der Waals surface area contributed by atoms with Crippen molar-refractivity contribution in [2.24, 2.45) is 5.73 Å². The Kier molecular flexibility index (Phi) is 2.56. The summed E-state index contributed by atoms with van der Waals surface area (Å²) in [5, 5.41) is 0. The number of fused-ring (bicyclic) bond motifs is 1. The van der Waals surface area contributed by atoms with Crippen LogP contribution in [0.4, 0.5) is 0 Å². The van der Waals surface area contributed by atoms with Crippen LogP contribution in [0.2, 0.25) is 0 Å². The first-order valence-electron chi connectivity index (χ1n) is 4.53. The zero-order chi connectivity index (χ0) is 10.1. The summed E-state index contributed by atoms with van der Waals surface area (Å²) in [6.07, 6.45) is 4.76. The third kappa shape index (κ3) is 1.81. The lowest BCUT2D eigenvalue weighted by atomic mass is 10.1. The highest BCUT2D eigenvalue weighted by Gasteiger charge is 2.02. The molecule has 0 saturated heterocycles. The molecule has 0 aromatic carbocycles. The molecule has 2 heterocycles. The summed E-state index contributed by atoms with van der Waals surface area (Å²) in [5.41, 5.74) is 8.06. The van der Waals surface area contributed by atoms with Gasteiger partial charge in [0.05, 0.1) is 5.52 Å². The first-order chi connectivity index (χ1) is 6.66. The van der Waals surface area contributed by atoms with Crippen molar-refractivity contribution in [2.75, 3.05) is 0 Å². The number of halogens is 1. The molecule has 0 aliphatic rings. The van der Waals surface area contributed by atoms with Gasteiger partial charge in [-0.15, -0.1) is 0 Å². The maximum absolute atomic E-state index is 5.74. The summed E-state index contributed by atoms with van der Waals surface area (Å²) in [4.78, 5) is 4.16. The van der Waals surface area contributed by atoms with Crippen LogP contribution in [0, 0.1) is 0 Å². The van der Waals surface area contributed by atoms with Gasteiger partial charge in [0, 0.05) is 12.2 Å². The summed E-state index contributed by atoms with van der Waals surface area (Å²) in [6, 6.07) is 4.33. The Morgan fingerprint density at radius 3 is 3.07 bits per heavy atom. The van der Waals surface area contributed by atoms with Crippen LogP contribution < -0.4 is 5.73 Å². The predicted octanol–water partition coefficient (Wildman–Crippen LogP) is 1.99. The van der Waals surface area contributed by atoms with Gasteiger partial charge >= 0.3 is 0 Å². The van der Waals surface area contributed by atoms with Crippen molar-refractivity contribution in [3.05, 3.63) is 34.8 Å². The maximum Gasteiger partial charge on any atom is 0.131 e. The third-order valence-corrected chi connectivity index (χ3v) is 2.71. The zero-order valence-electron chi connectivity index (χ0n) is 7.94. The molecule has 0 radical (unpaired) electrons. The zero-order valence-corrected chi connectivity index (χ0v) is 9.53. The Bertz CT molecular complexity index is 448. The minimum absolute atomic E-state index is 0.194. The number of hydrogen-bond acceptors (Lipinski definition) is 2. The van der Waals surface area contributed by atoms with E-state index in [1.165, 1.54) is 5.56 Å². The van der Waals surface area contributed by atoms with E-state index in [9.17, 15) is 0 Å². The molecule has 0 fully saturated rings. The summed E-state index contributed by atoms with van der Waals surface area (Å²) < 4.78 is 2.88. The van der Waals surface area contributed by atoms with Crippen molar-refractivity contribution in [1.29, 1.82) is 0 Å². The maximum atomic E-state index is 5.74. The van der Waals surface area contributed by atoms with Gasteiger partial charge in [0.25, 0.3) is 0 Å². The van der Waals surface area contributed by atoms with Gasteiger partial charge in [0.2, 0.25) is 0 Å². The number of hydrogen-bond donors (Lipinski definition) is 1. The van der Waals surface area contributed by atoms with Crippen LogP contribution in [0.25, 0.3) is 5.52 Å². The Morgan fingerprint density at radius 1 is 1.57 bits per heavy atom. The lowest BCUT2D eigenvalue weighted by Crippen LogP contribution is -2.17. The molecule has 14 heavy (non-hydrogen) atoms. The number of imidazole rings is 1. The summed E-state index contributed by atoms with van der Waals surface area (Å²) in [6.45, 7) is 2.01. The molecule has 0 aliphatic carbocycles. The Hall–Kier alpha value is -0.870. The van der Waals surface area contributed by atoms with Gasteiger partial charge < -0.3 is 10.1 Å². The van der Waals surface area contributed by atoms with Gasteiger partial charge in [-0.05, 0) is 40.9 Å². The first-order valence-corrected chi connectivity index (χ1v) is 5.33. The van der Waals surface area contributed by atoms with Crippen molar-refractivity contribution in [3.8, 4) is 0 Å². The molecule has 0 saturated carbocycles. The van der Waals surface area contributed by atoms with Gasteiger partial charge in [0.1, 0.15) is 10.9 Å². The van der Waals surface area contributed by atoms with Crippen molar-refractivity contribution in [2.45, 2.75) is 19.4 Å². The summed E-state index contributed by atoms with van der Waals surface area (Å²) >= 11 is 3.39.